The summed E-state index contributed by atoms with van der Waals surface area (Å²) in [4.78, 5) is 0.338. The van der Waals surface area contributed by atoms with Gasteiger partial charge in [-0.1, -0.05) is 6.07 Å². The van der Waals surface area contributed by atoms with E-state index in [-0.39, 0.29) is 5.41 Å². The first-order valence-corrected chi connectivity index (χ1v) is 8.96. The molecule has 1 N–H and O–H groups in total. The molecule has 2 fully saturated rings. The second kappa shape index (κ2) is 4.57. The van der Waals surface area contributed by atoms with E-state index in [0.717, 1.165) is 11.5 Å². The number of aryl methyl sites for hydroxylation is 1. The number of nitrogens with one attached hydrogen (secondary N) is 1. The molecule has 0 amide bonds. The highest BCUT2D eigenvalue weighted by molar-refractivity contribution is 9.10. The van der Waals surface area contributed by atoms with Crippen LogP contribution in [0.2, 0.25) is 0 Å². The SMILES string of the molecule is Cc1ccc(S(=O)(=O)NCC2(C3CC3)CC2)c(Br)c1. The average molecular weight is 344 g/mol. The summed E-state index contributed by atoms with van der Waals surface area (Å²) in [5.74, 6) is 0.761. The Hall–Kier alpha value is -0.390. The summed E-state index contributed by atoms with van der Waals surface area (Å²) in [7, 11) is -3.40. The molecule has 0 bridgehead atoms. The maximum atomic E-state index is 12.3. The highest BCUT2D eigenvalue weighted by Crippen LogP contribution is 2.60. The van der Waals surface area contributed by atoms with Crippen LogP contribution in [0.1, 0.15) is 31.2 Å². The summed E-state index contributed by atoms with van der Waals surface area (Å²) >= 11 is 3.34. The summed E-state index contributed by atoms with van der Waals surface area (Å²) in [6.45, 7) is 2.54. The number of halogens is 1. The number of hydrogen-bond donors (Lipinski definition) is 1. The van der Waals surface area contributed by atoms with Gasteiger partial charge in [0.1, 0.15) is 0 Å². The predicted molar refractivity (Wildman–Crippen MR) is 78.5 cm³/mol. The van der Waals surface area contributed by atoms with Gasteiger partial charge in [0.2, 0.25) is 10.0 Å². The number of sulfonamides is 1. The second-order valence-corrected chi connectivity index (χ2v) is 8.48. The largest absolute Gasteiger partial charge is 0.241 e. The van der Waals surface area contributed by atoms with Crippen molar-refractivity contribution >= 4 is 26.0 Å². The van der Waals surface area contributed by atoms with Crippen molar-refractivity contribution in [1.29, 1.82) is 0 Å². The zero-order valence-corrected chi connectivity index (χ0v) is 13.4. The van der Waals surface area contributed by atoms with Crippen LogP contribution < -0.4 is 4.72 Å². The Balaban J connectivity index is 1.75. The molecule has 19 heavy (non-hydrogen) atoms. The molecule has 0 aliphatic heterocycles. The van der Waals surface area contributed by atoms with Crippen molar-refractivity contribution in [2.45, 2.75) is 37.5 Å². The fraction of sp³-hybridized carbons (Fsp3) is 0.571. The molecule has 1 aromatic carbocycles. The van der Waals surface area contributed by atoms with Crippen molar-refractivity contribution in [2.75, 3.05) is 6.54 Å². The van der Waals surface area contributed by atoms with E-state index in [1.54, 1.807) is 6.07 Å². The lowest BCUT2D eigenvalue weighted by molar-refractivity contribution is 0.432. The zero-order valence-electron chi connectivity index (χ0n) is 10.9. The molecule has 0 spiro atoms. The minimum absolute atomic E-state index is 0.282. The molecular formula is C14H18BrNO2S. The molecule has 2 aliphatic carbocycles. The standard InChI is InChI=1S/C14H18BrNO2S/c1-10-2-5-13(12(15)8-10)19(17,18)16-9-14(6-7-14)11-3-4-11/h2,5,8,11,16H,3-4,6-7,9H2,1H3. The fourth-order valence-corrected chi connectivity index (χ4v) is 5.05. The summed E-state index contributed by atoms with van der Waals surface area (Å²) in [5.41, 5.74) is 1.33. The van der Waals surface area contributed by atoms with Crippen LogP contribution in [0.15, 0.2) is 27.6 Å². The molecule has 2 saturated carbocycles. The fourth-order valence-electron chi connectivity index (χ4n) is 2.73. The Morgan fingerprint density at radius 1 is 1.37 bits per heavy atom. The van der Waals surface area contributed by atoms with E-state index in [9.17, 15) is 8.42 Å². The van der Waals surface area contributed by atoms with Crippen LogP contribution >= 0.6 is 15.9 Å². The van der Waals surface area contributed by atoms with Gasteiger partial charge in [-0.25, -0.2) is 13.1 Å². The van der Waals surface area contributed by atoms with Crippen molar-refractivity contribution in [2.24, 2.45) is 11.3 Å². The van der Waals surface area contributed by atoms with Gasteiger partial charge in [0.05, 0.1) is 4.90 Å². The lowest BCUT2D eigenvalue weighted by Crippen LogP contribution is -2.31. The van der Waals surface area contributed by atoms with Crippen molar-refractivity contribution < 1.29 is 8.42 Å². The monoisotopic (exact) mass is 343 g/mol. The molecule has 2 aliphatic rings. The zero-order chi connectivity index (χ0) is 13.7. The summed E-state index contributed by atoms with van der Waals surface area (Å²) < 4.78 is 28.1. The van der Waals surface area contributed by atoms with Gasteiger partial charge >= 0.3 is 0 Å². The molecular weight excluding hydrogens is 326 g/mol. The predicted octanol–water partition coefficient (Wildman–Crippen LogP) is 3.23. The maximum Gasteiger partial charge on any atom is 0.241 e. The van der Waals surface area contributed by atoms with E-state index in [1.807, 2.05) is 19.1 Å². The molecule has 5 heteroatoms. The van der Waals surface area contributed by atoms with Crippen LogP contribution in [-0.4, -0.2) is 15.0 Å². The Morgan fingerprint density at radius 3 is 2.58 bits per heavy atom. The molecule has 0 saturated heterocycles. The summed E-state index contributed by atoms with van der Waals surface area (Å²) in [6.07, 6.45) is 4.90. The van der Waals surface area contributed by atoms with Gasteiger partial charge in [-0.2, -0.15) is 0 Å². The minimum Gasteiger partial charge on any atom is -0.211 e. The first kappa shape index (κ1) is 13.6. The van der Waals surface area contributed by atoms with Crippen molar-refractivity contribution in [3.05, 3.63) is 28.2 Å². The third kappa shape index (κ3) is 2.73. The second-order valence-electron chi connectivity index (χ2n) is 5.90. The Labute approximate surface area is 123 Å². The van der Waals surface area contributed by atoms with Crippen LogP contribution in [0, 0.1) is 18.3 Å². The minimum atomic E-state index is -3.40. The van der Waals surface area contributed by atoms with Crippen molar-refractivity contribution in [3.63, 3.8) is 0 Å². The molecule has 3 rings (SSSR count). The van der Waals surface area contributed by atoms with E-state index in [4.69, 9.17) is 0 Å². The summed E-state index contributed by atoms with van der Waals surface area (Å²) in [6, 6.07) is 5.33. The lowest BCUT2D eigenvalue weighted by Gasteiger charge is -2.16. The molecule has 104 valence electrons. The average Bonchev–Trinajstić information content (AvgIpc) is 3.19. The third-order valence-electron chi connectivity index (χ3n) is 4.33. The van der Waals surface area contributed by atoms with Gasteiger partial charge in [-0.15, -0.1) is 0 Å². The van der Waals surface area contributed by atoms with Gasteiger partial charge in [0, 0.05) is 11.0 Å². The van der Waals surface area contributed by atoms with Gasteiger partial charge in [0.15, 0.2) is 0 Å². The first-order chi connectivity index (χ1) is 8.93. The number of benzene rings is 1. The summed E-state index contributed by atoms with van der Waals surface area (Å²) in [5, 5.41) is 0. The molecule has 0 unspecified atom stereocenters. The van der Waals surface area contributed by atoms with E-state index in [1.165, 1.54) is 25.7 Å². The van der Waals surface area contributed by atoms with Gasteiger partial charge in [0.25, 0.3) is 0 Å². The highest BCUT2D eigenvalue weighted by atomic mass is 79.9. The Morgan fingerprint density at radius 2 is 2.05 bits per heavy atom. The van der Waals surface area contributed by atoms with Crippen molar-refractivity contribution in [3.8, 4) is 0 Å². The topological polar surface area (TPSA) is 46.2 Å². The van der Waals surface area contributed by atoms with Crippen LogP contribution in [-0.2, 0) is 10.0 Å². The van der Waals surface area contributed by atoms with Gasteiger partial charge < -0.3 is 0 Å². The highest BCUT2D eigenvalue weighted by Gasteiger charge is 2.53. The Bertz CT molecular complexity index is 604. The molecule has 0 atom stereocenters. The first-order valence-electron chi connectivity index (χ1n) is 6.69. The normalized spacial score (nSPS) is 21.4. The van der Waals surface area contributed by atoms with Crippen LogP contribution in [0.3, 0.4) is 0 Å². The molecule has 3 nitrogen and oxygen atoms in total. The van der Waals surface area contributed by atoms with Gasteiger partial charge in [-0.05, 0) is 77.6 Å². The van der Waals surface area contributed by atoms with Crippen LogP contribution in [0.5, 0.6) is 0 Å². The van der Waals surface area contributed by atoms with Crippen LogP contribution in [0.4, 0.5) is 0 Å². The van der Waals surface area contributed by atoms with E-state index >= 15 is 0 Å². The van der Waals surface area contributed by atoms with Crippen molar-refractivity contribution in [1.82, 2.24) is 4.72 Å². The smallest absolute Gasteiger partial charge is 0.211 e. The molecule has 0 heterocycles. The third-order valence-corrected chi connectivity index (χ3v) is 6.70. The van der Waals surface area contributed by atoms with E-state index < -0.39 is 10.0 Å². The number of rotatable bonds is 5. The number of hydrogen-bond acceptors (Lipinski definition) is 2. The van der Waals surface area contributed by atoms with E-state index in [2.05, 4.69) is 20.7 Å². The maximum absolute atomic E-state index is 12.3. The molecule has 1 aromatic rings. The Kier molecular flexibility index (Phi) is 3.27. The molecule has 0 radical (unpaired) electrons. The molecule has 0 aromatic heterocycles. The van der Waals surface area contributed by atoms with E-state index in [0.29, 0.717) is 15.9 Å². The quantitative estimate of drug-likeness (QED) is 0.891. The van der Waals surface area contributed by atoms with Crippen LogP contribution in [0.25, 0.3) is 0 Å². The lowest BCUT2D eigenvalue weighted by atomic mass is 10.0. The van der Waals surface area contributed by atoms with Gasteiger partial charge in [-0.3, -0.25) is 0 Å².